The third-order valence-electron chi connectivity index (χ3n) is 3.47. The van der Waals surface area contributed by atoms with Crippen LogP contribution in [0.2, 0.25) is 0 Å². The average molecular weight is 320 g/mol. The van der Waals surface area contributed by atoms with Crippen LogP contribution in [-0.2, 0) is 25.5 Å². The lowest BCUT2D eigenvalue weighted by atomic mass is 9.97. The minimum atomic E-state index is -0.886. The molecule has 0 unspecified atom stereocenters. The quantitative estimate of drug-likeness (QED) is 0.667. The molecule has 1 aromatic carbocycles. The van der Waals surface area contributed by atoms with Crippen molar-refractivity contribution in [3.05, 3.63) is 35.9 Å². The molecule has 23 heavy (non-hydrogen) atoms. The van der Waals surface area contributed by atoms with E-state index >= 15 is 0 Å². The minimum absolute atomic E-state index is 0.0282. The third-order valence-corrected chi connectivity index (χ3v) is 3.47. The summed E-state index contributed by atoms with van der Waals surface area (Å²) in [5.74, 6) is -1.76. The van der Waals surface area contributed by atoms with Crippen molar-refractivity contribution in [2.75, 3.05) is 6.61 Å². The van der Waals surface area contributed by atoms with Gasteiger partial charge in [0, 0.05) is 6.42 Å². The maximum Gasteiger partial charge on any atom is 0.306 e. The number of carbonyl (C=O) groups is 3. The first-order chi connectivity index (χ1) is 10.9. The van der Waals surface area contributed by atoms with E-state index < -0.39 is 23.8 Å². The highest BCUT2D eigenvalue weighted by Crippen LogP contribution is 2.10. The SMILES string of the molecule is CCOC(=O)C[C@H](C)[C@@H](NC(=O)CCc1ccccc1)C(N)=O. The van der Waals surface area contributed by atoms with Gasteiger partial charge in [-0.1, -0.05) is 37.3 Å². The lowest BCUT2D eigenvalue weighted by Gasteiger charge is -2.21. The van der Waals surface area contributed by atoms with E-state index in [1.54, 1.807) is 13.8 Å². The molecule has 0 fully saturated rings. The molecule has 0 saturated carbocycles. The molecule has 0 aliphatic rings. The number of aryl methyl sites for hydroxylation is 1. The van der Waals surface area contributed by atoms with Crippen LogP contribution in [0.5, 0.6) is 0 Å². The molecule has 0 aliphatic carbocycles. The summed E-state index contributed by atoms with van der Waals surface area (Å²) in [7, 11) is 0. The van der Waals surface area contributed by atoms with Crippen LogP contribution >= 0.6 is 0 Å². The molecular weight excluding hydrogens is 296 g/mol. The van der Waals surface area contributed by atoms with Gasteiger partial charge in [-0.15, -0.1) is 0 Å². The number of hydrogen-bond acceptors (Lipinski definition) is 4. The Kier molecular flexibility index (Phi) is 7.80. The highest BCUT2D eigenvalue weighted by atomic mass is 16.5. The monoisotopic (exact) mass is 320 g/mol. The van der Waals surface area contributed by atoms with Gasteiger partial charge in [0.05, 0.1) is 13.0 Å². The van der Waals surface area contributed by atoms with E-state index in [-0.39, 0.29) is 25.4 Å². The van der Waals surface area contributed by atoms with Crippen molar-refractivity contribution in [2.45, 2.75) is 39.2 Å². The maximum absolute atomic E-state index is 12.0. The van der Waals surface area contributed by atoms with E-state index in [4.69, 9.17) is 10.5 Å². The Morgan fingerprint density at radius 2 is 1.87 bits per heavy atom. The normalized spacial score (nSPS) is 13.0. The molecule has 0 saturated heterocycles. The van der Waals surface area contributed by atoms with Crippen LogP contribution in [0.4, 0.5) is 0 Å². The van der Waals surface area contributed by atoms with E-state index in [0.29, 0.717) is 6.42 Å². The number of hydrogen-bond donors (Lipinski definition) is 2. The summed E-state index contributed by atoms with van der Waals surface area (Å²) in [5.41, 5.74) is 6.38. The zero-order chi connectivity index (χ0) is 17.2. The molecular formula is C17H24N2O4. The Morgan fingerprint density at radius 1 is 1.22 bits per heavy atom. The van der Waals surface area contributed by atoms with Gasteiger partial charge in [0.15, 0.2) is 0 Å². The van der Waals surface area contributed by atoms with Crippen LogP contribution in [0, 0.1) is 5.92 Å². The van der Waals surface area contributed by atoms with Crippen molar-refractivity contribution >= 4 is 17.8 Å². The molecule has 6 heteroatoms. The lowest BCUT2D eigenvalue weighted by Crippen LogP contribution is -2.49. The number of esters is 1. The fourth-order valence-corrected chi connectivity index (χ4v) is 2.24. The Labute approximate surface area is 136 Å². The molecule has 0 aromatic heterocycles. The first-order valence-electron chi connectivity index (χ1n) is 7.72. The van der Waals surface area contributed by atoms with E-state index in [1.165, 1.54) is 0 Å². The van der Waals surface area contributed by atoms with Gasteiger partial charge in [-0.3, -0.25) is 14.4 Å². The topological polar surface area (TPSA) is 98.5 Å². The summed E-state index contributed by atoms with van der Waals surface area (Å²) in [4.78, 5) is 35.0. The van der Waals surface area contributed by atoms with Crippen molar-refractivity contribution in [1.29, 1.82) is 0 Å². The zero-order valence-electron chi connectivity index (χ0n) is 13.6. The van der Waals surface area contributed by atoms with Crippen molar-refractivity contribution in [1.82, 2.24) is 5.32 Å². The number of primary amides is 1. The van der Waals surface area contributed by atoms with Gasteiger partial charge >= 0.3 is 5.97 Å². The van der Waals surface area contributed by atoms with Crippen molar-refractivity contribution in [3.8, 4) is 0 Å². The standard InChI is InChI=1S/C17H24N2O4/c1-3-23-15(21)11-12(2)16(17(18)22)19-14(20)10-9-13-7-5-4-6-8-13/h4-8,12,16H,3,9-11H2,1-2H3,(H2,18,22)(H,19,20)/t12-,16+/m0/s1. The summed E-state index contributed by atoms with van der Waals surface area (Å²) in [6.07, 6.45) is 0.852. The summed E-state index contributed by atoms with van der Waals surface area (Å²) in [6, 6.07) is 8.69. The molecule has 0 bridgehead atoms. The Bertz CT molecular complexity index is 531. The van der Waals surface area contributed by atoms with E-state index in [9.17, 15) is 14.4 Å². The largest absolute Gasteiger partial charge is 0.466 e. The number of ether oxygens (including phenoxy) is 1. The van der Waals surface area contributed by atoms with Gasteiger partial charge in [-0.2, -0.15) is 0 Å². The van der Waals surface area contributed by atoms with Gasteiger partial charge in [0.2, 0.25) is 11.8 Å². The van der Waals surface area contributed by atoms with E-state index in [1.807, 2.05) is 30.3 Å². The second kappa shape index (κ2) is 9.61. The average Bonchev–Trinajstić information content (AvgIpc) is 2.51. The molecule has 1 aromatic rings. The number of nitrogens with one attached hydrogen (secondary N) is 1. The molecule has 0 heterocycles. The second-order valence-electron chi connectivity index (χ2n) is 5.42. The molecule has 6 nitrogen and oxygen atoms in total. The van der Waals surface area contributed by atoms with E-state index in [0.717, 1.165) is 5.56 Å². The predicted octanol–water partition coefficient (Wildman–Crippen LogP) is 1.18. The number of nitrogens with two attached hydrogens (primary N) is 1. The molecule has 2 atom stereocenters. The number of carbonyl (C=O) groups excluding carboxylic acids is 3. The van der Waals surface area contributed by atoms with Crippen LogP contribution in [-0.4, -0.2) is 30.4 Å². The Balaban J connectivity index is 2.52. The Morgan fingerprint density at radius 3 is 2.43 bits per heavy atom. The van der Waals surface area contributed by atoms with Crippen LogP contribution in [0.15, 0.2) is 30.3 Å². The molecule has 2 amide bonds. The first kappa shape index (κ1) is 18.7. The number of rotatable bonds is 9. The predicted molar refractivity (Wildman–Crippen MR) is 86.3 cm³/mol. The van der Waals surface area contributed by atoms with Crippen LogP contribution in [0.25, 0.3) is 0 Å². The minimum Gasteiger partial charge on any atom is -0.466 e. The smallest absolute Gasteiger partial charge is 0.306 e. The van der Waals surface area contributed by atoms with Gasteiger partial charge in [-0.05, 0) is 24.8 Å². The summed E-state index contributed by atoms with van der Waals surface area (Å²) < 4.78 is 4.85. The fourth-order valence-electron chi connectivity index (χ4n) is 2.24. The Hall–Kier alpha value is -2.37. The number of amides is 2. The molecule has 126 valence electrons. The lowest BCUT2D eigenvalue weighted by molar-refractivity contribution is -0.144. The van der Waals surface area contributed by atoms with Gasteiger partial charge in [0.25, 0.3) is 0 Å². The number of benzene rings is 1. The van der Waals surface area contributed by atoms with E-state index in [2.05, 4.69) is 5.32 Å². The van der Waals surface area contributed by atoms with Gasteiger partial charge in [-0.25, -0.2) is 0 Å². The summed E-state index contributed by atoms with van der Waals surface area (Å²) >= 11 is 0. The third kappa shape index (κ3) is 6.95. The summed E-state index contributed by atoms with van der Waals surface area (Å²) in [6.45, 7) is 3.67. The van der Waals surface area contributed by atoms with Crippen molar-refractivity contribution in [3.63, 3.8) is 0 Å². The van der Waals surface area contributed by atoms with Crippen molar-refractivity contribution in [2.24, 2.45) is 11.7 Å². The van der Waals surface area contributed by atoms with Gasteiger partial charge < -0.3 is 15.8 Å². The zero-order valence-corrected chi connectivity index (χ0v) is 13.6. The van der Waals surface area contributed by atoms with Gasteiger partial charge in [0.1, 0.15) is 6.04 Å². The second-order valence-corrected chi connectivity index (χ2v) is 5.42. The fraction of sp³-hybridized carbons (Fsp3) is 0.471. The van der Waals surface area contributed by atoms with Crippen LogP contribution < -0.4 is 11.1 Å². The first-order valence-corrected chi connectivity index (χ1v) is 7.72. The molecule has 0 aliphatic heterocycles. The molecule has 1 rings (SSSR count). The highest BCUT2D eigenvalue weighted by Gasteiger charge is 2.26. The highest BCUT2D eigenvalue weighted by molar-refractivity contribution is 5.87. The maximum atomic E-state index is 12.0. The molecule has 0 radical (unpaired) electrons. The van der Waals surface area contributed by atoms with Crippen LogP contribution in [0.1, 0.15) is 32.3 Å². The van der Waals surface area contributed by atoms with Crippen LogP contribution in [0.3, 0.4) is 0 Å². The van der Waals surface area contributed by atoms with Crippen molar-refractivity contribution < 1.29 is 19.1 Å². The summed E-state index contributed by atoms with van der Waals surface area (Å²) in [5, 5.41) is 2.61. The molecule has 3 N–H and O–H groups in total. The molecule has 0 spiro atoms.